The number of carbonyl (C=O) groups excluding carboxylic acids is 1. The first-order chi connectivity index (χ1) is 16.4. The molecule has 0 radical (unpaired) electrons. The van der Waals surface area contributed by atoms with Crippen molar-refractivity contribution in [2.75, 3.05) is 38.0 Å². The normalized spacial score (nSPS) is 13.2. The molecule has 3 aromatic rings. The second-order valence-electron chi connectivity index (χ2n) is 8.85. The van der Waals surface area contributed by atoms with Crippen molar-refractivity contribution in [2.45, 2.75) is 24.3 Å². The van der Waals surface area contributed by atoms with Gasteiger partial charge in [-0.2, -0.15) is 0 Å². The molecular weight excluding hydrogens is 446 g/mol. The Morgan fingerprint density at radius 3 is 2.41 bits per heavy atom. The van der Waals surface area contributed by atoms with E-state index in [1.807, 2.05) is 68.7 Å². The van der Waals surface area contributed by atoms with Crippen molar-refractivity contribution in [3.8, 4) is 0 Å². The summed E-state index contributed by atoms with van der Waals surface area (Å²) in [4.78, 5) is 17.6. The maximum absolute atomic E-state index is 13.5. The highest BCUT2D eigenvalue weighted by atomic mass is 32.2. The minimum absolute atomic E-state index is 0.142. The van der Waals surface area contributed by atoms with Crippen LogP contribution < -0.4 is 4.31 Å². The summed E-state index contributed by atoms with van der Waals surface area (Å²) in [6, 6.07) is 23.9. The van der Waals surface area contributed by atoms with E-state index in [4.69, 9.17) is 0 Å². The number of anilines is 1. The van der Waals surface area contributed by atoms with Crippen LogP contribution in [0.4, 0.5) is 5.69 Å². The SMILES string of the molecule is CN(C)CCCN(Cc1ccccc1)C(=O)c1cccc(S(=O)(=O)N2CCc3ccccc32)c1. The third-order valence-corrected chi connectivity index (χ3v) is 7.86. The molecule has 0 atom stereocenters. The first-order valence-electron chi connectivity index (χ1n) is 11.5. The van der Waals surface area contributed by atoms with Crippen LogP contribution in [0.25, 0.3) is 0 Å². The molecule has 6 nitrogen and oxygen atoms in total. The van der Waals surface area contributed by atoms with Gasteiger partial charge in [-0.1, -0.05) is 54.6 Å². The van der Waals surface area contributed by atoms with Crippen LogP contribution in [0.5, 0.6) is 0 Å². The molecule has 0 unspecified atom stereocenters. The van der Waals surface area contributed by atoms with Gasteiger partial charge < -0.3 is 9.80 Å². The van der Waals surface area contributed by atoms with Gasteiger partial charge in [-0.3, -0.25) is 9.10 Å². The molecule has 0 saturated carbocycles. The molecule has 0 saturated heterocycles. The Morgan fingerprint density at radius 1 is 0.912 bits per heavy atom. The lowest BCUT2D eigenvalue weighted by Gasteiger charge is -2.24. The zero-order valence-electron chi connectivity index (χ0n) is 19.7. The quantitative estimate of drug-likeness (QED) is 0.467. The molecule has 1 aliphatic rings. The third-order valence-electron chi connectivity index (χ3n) is 6.05. The predicted molar refractivity (Wildman–Crippen MR) is 135 cm³/mol. The number of sulfonamides is 1. The van der Waals surface area contributed by atoms with E-state index < -0.39 is 10.0 Å². The molecule has 1 amide bonds. The van der Waals surface area contributed by atoms with E-state index in [0.29, 0.717) is 37.3 Å². The maximum Gasteiger partial charge on any atom is 0.264 e. The fraction of sp³-hybridized carbons (Fsp3) is 0.296. The Balaban J connectivity index is 1.59. The maximum atomic E-state index is 13.5. The Morgan fingerprint density at radius 2 is 1.65 bits per heavy atom. The van der Waals surface area contributed by atoms with Gasteiger partial charge in [0.05, 0.1) is 10.6 Å². The van der Waals surface area contributed by atoms with E-state index in [1.165, 1.54) is 10.4 Å². The highest BCUT2D eigenvalue weighted by molar-refractivity contribution is 7.92. The lowest BCUT2D eigenvalue weighted by Crippen LogP contribution is -2.33. The number of hydrogen-bond acceptors (Lipinski definition) is 4. The molecule has 7 heteroatoms. The molecule has 3 aromatic carbocycles. The highest BCUT2D eigenvalue weighted by Crippen LogP contribution is 2.32. The Hall–Kier alpha value is -3.16. The van der Waals surface area contributed by atoms with Crippen molar-refractivity contribution in [2.24, 2.45) is 0 Å². The molecule has 178 valence electrons. The summed E-state index contributed by atoms with van der Waals surface area (Å²) >= 11 is 0. The van der Waals surface area contributed by atoms with Crippen LogP contribution in [0.1, 0.15) is 27.9 Å². The lowest BCUT2D eigenvalue weighted by molar-refractivity contribution is 0.0737. The molecule has 0 fully saturated rings. The first-order valence-corrected chi connectivity index (χ1v) is 13.0. The number of hydrogen-bond donors (Lipinski definition) is 0. The second kappa shape index (κ2) is 10.4. The standard InChI is InChI=1S/C27H31N3O3S/c1-28(2)17-9-18-29(21-22-10-4-3-5-11-22)27(31)24-13-8-14-25(20-24)34(32,33)30-19-16-23-12-6-7-15-26(23)30/h3-8,10-15,20H,9,16-19,21H2,1-2H3. The van der Waals surface area contributed by atoms with Gasteiger partial charge in [0, 0.05) is 25.2 Å². The zero-order chi connectivity index (χ0) is 24.1. The molecule has 0 aromatic heterocycles. The molecular formula is C27H31N3O3S. The van der Waals surface area contributed by atoms with Gasteiger partial charge in [-0.05, 0) is 68.9 Å². The van der Waals surface area contributed by atoms with E-state index in [2.05, 4.69) is 4.90 Å². The topological polar surface area (TPSA) is 60.9 Å². The number of para-hydroxylation sites is 1. The Kier molecular flexibility index (Phi) is 7.34. The molecule has 4 rings (SSSR count). The van der Waals surface area contributed by atoms with Crippen LogP contribution in [-0.4, -0.2) is 57.9 Å². The molecule has 0 spiro atoms. The number of nitrogens with zero attached hydrogens (tertiary/aromatic N) is 3. The predicted octanol–water partition coefficient (Wildman–Crippen LogP) is 4.03. The summed E-state index contributed by atoms with van der Waals surface area (Å²) in [5.41, 5.74) is 3.16. The second-order valence-corrected chi connectivity index (χ2v) is 10.7. The summed E-state index contributed by atoms with van der Waals surface area (Å²) in [5, 5.41) is 0. The number of benzene rings is 3. The van der Waals surface area contributed by atoms with Gasteiger partial charge in [0.2, 0.25) is 0 Å². The Labute approximate surface area is 202 Å². The van der Waals surface area contributed by atoms with Crippen LogP contribution in [0.15, 0.2) is 83.8 Å². The summed E-state index contributed by atoms with van der Waals surface area (Å²) in [6.07, 6.45) is 1.51. The van der Waals surface area contributed by atoms with E-state index in [1.54, 1.807) is 23.1 Å². The van der Waals surface area contributed by atoms with Gasteiger partial charge in [0.25, 0.3) is 15.9 Å². The van der Waals surface area contributed by atoms with Crippen LogP contribution in [0, 0.1) is 0 Å². The van der Waals surface area contributed by atoms with Gasteiger partial charge in [0.15, 0.2) is 0 Å². The van der Waals surface area contributed by atoms with Crippen LogP contribution in [0.3, 0.4) is 0 Å². The Bertz CT molecular complexity index is 1240. The van der Waals surface area contributed by atoms with Crippen molar-refractivity contribution in [3.05, 3.63) is 95.6 Å². The third kappa shape index (κ3) is 5.32. The van der Waals surface area contributed by atoms with E-state index >= 15 is 0 Å². The summed E-state index contributed by atoms with van der Waals surface area (Å²) in [7, 11) is 0.251. The average molecular weight is 478 g/mol. The molecule has 0 N–H and O–H groups in total. The van der Waals surface area contributed by atoms with Crippen LogP contribution in [0.2, 0.25) is 0 Å². The molecule has 1 heterocycles. The fourth-order valence-electron chi connectivity index (χ4n) is 4.29. The molecule has 34 heavy (non-hydrogen) atoms. The largest absolute Gasteiger partial charge is 0.334 e. The van der Waals surface area contributed by atoms with E-state index in [-0.39, 0.29) is 10.8 Å². The first kappa shape index (κ1) is 24.0. The summed E-state index contributed by atoms with van der Waals surface area (Å²) in [5.74, 6) is -0.165. The van der Waals surface area contributed by atoms with Gasteiger partial charge in [-0.15, -0.1) is 0 Å². The summed E-state index contributed by atoms with van der Waals surface area (Å²) in [6.45, 7) is 2.33. The molecule has 1 aliphatic heterocycles. The van der Waals surface area contributed by atoms with Crippen molar-refractivity contribution < 1.29 is 13.2 Å². The number of carbonyl (C=O) groups is 1. The minimum Gasteiger partial charge on any atom is -0.334 e. The van der Waals surface area contributed by atoms with Gasteiger partial charge >= 0.3 is 0 Å². The number of amides is 1. The fourth-order valence-corrected chi connectivity index (χ4v) is 5.84. The molecule has 0 aliphatic carbocycles. The highest BCUT2D eigenvalue weighted by Gasteiger charge is 2.31. The van der Waals surface area contributed by atoms with E-state index in [0.717, 1.165) is 24.1 Å². The molecule has 0 bridgehead atoms. The van der Waals surface area contributed by atoms with Crippen LogP contribution >= 0.6 is 0 Å². The van der Waals surface area contributed by atoms with Crippen molar-refractivity contribution >= 4 is 21.6 Å². The minimum atomic E-state index is -3.76. The average Bonchev–Trinajstić information content (AvgIpc) is 3.29. The zero-order valence-corrected chi connectivity index (χ0v) is 20.5. The van der Waals surface area contributed by atoms with Gasteiger partial charge in [0.1, 0.15) is 0 Å². The smallest absolute Gasteiger partial charge is 0.264 e. The van der Waals surface area contributed by atoms with Crippen molar-refractivity contribution in [1.29, 1.82) is 0 Å². The van der Waals surface area contributed by atoms with Crippen LogP contribution in [-0.2, 0) is 23.0 Å². The number of fused-ring (bicyclic) bond motifs is 1. The monoisotopic (exact) mass is 477 g/mol. The van der Waals surface area contributed by atoms with Crippen molar-refractivity contribution in [3.63, 3.8) is 0 Å². The van der Waals surface area contributed by atoms with Crippen molar-refractivity contribution in [1.82, 2.24) is 9.80 Å². The number of rotatable bonds is 9. The van der Waals surface area contributed by atoms with E-state index in [9.17, 15) is 13.2 Å². The lowest BCUT2D eigenvalue weighted by atomic mass is 10.1. The van der Waals surface area contributed by atoms with Gasteiger partial charge in [-0.25, -0.2) is 8.42 Å². The summed E-state index contributed by atoms with van der Waals surface area (Å²) < 4.78 is 28.4.